The van der Waals surface area contributed by atoms with Crippen molar-refractivity contribution in [2.24, 2.45) is 0 Å². The van der Waals surface area contributed by atoms with Crippen molar-refractivity contribution in [3.8, 4) is 5.88 Å². The zero-order valence-corrected chi connectivity index (χ0v) is 7.04. The first-order valence-electron chi connectivity index (χ1n) is 3.67. The third-order valence-corrected chi connectivity index (χ3v) is 1.21. The van der Waals surface area contributed by atoms with Gasteiger partial charge in [0, 0.05) is 6.07 Å². The fraction of sp³-hybridized carbons (Fsp3) is 0.375. The van der Waals surface area contributed by atoms with Crippen molar-refractivity contribution in [1.82, 2.24) is 4.98 Å². The summed E-state index contributed by atoms with van der Waals surface area (Å²) in [6, 6.07) is 1.18. The predicted molar refractivity (Wildman–Crippen MR) is 44.4 cm³/mol. The number of ether oxygens (including phenoxy) is 1. The summed E-state index contributed by atoms with van der Waals surface area (Å²) >= 11 is 0. The lowest BCUT2D eigenvalue weighted by Gasteiger charge is -2.08. The molecule has 66 valence electrons. The number of anilines is 1. The smallest absolute Gasteiger partial charge is 0.216 e. The Morgan fingerprint density at radius 1 is 1.58 bits per heavy atom. The van der Waals surface area contributed by atoms with Crippen molar-refractivity contribution in [1.29, 1.82) is 0 Å². The Labute approximate surface area is 70.4 Å². The summed E-state index contributed by atoms with van der Waals surface area (Å²) in [5.41, 5.74) is 5.26. The van der Waals surface area contributed by atoms with Crippen LogP contribution in [-0.2, 0) is 0 Å². The van der Waals surface area contributed by atoms with Gasteiger partial charge in [0.2, 0.25) is 5.88 Å². The molecule has 3 nitrogen and oxygen atoms in total. The zero-order chi connectivity index (χ0) is 9.14. The molecule has 12 heavy (non-hydrogen) atoms. The van der Waals surface area contributed by atoms with E-state index in [4.69, 9.17) is 10.5 Å². The highest BCUT2D eigenvalue weighted by atomic mass is 19.1. The maximum Gasteiger partial charge on any atom is 0.216 e. The molecule has 0 saturated carbocycles. The molecule has 0 aliphatic carbocycles. The topological polar surface area (TPSA) is 48.1 Å². The molecule has 0 aliphatic rings. The molecule has 2 N–H and O–H groups in total. The van der Waals surface area contributed by atoms with Crippen LogP contribution < -0.4 is 10.5 Å². The fourth-order valence-electron chi connectivity index (χ4n) is 0.730. The summed E-state index contributed by atoms with van der Waals surface area (Å²) in [5, 5.41) is 0. The van der Waals surface area contributed by atoms with E-state index in [2.05, 4.69) is 4.98 Å². The third-order valence-electron chi connectivity index (χ3n) is 1.21. The number of hydrogen-bond donors (Lipinski definition) is 1. The number of nitrogens with two attached hydrogens (primary N) is 1. The number of nitrogen functional groups attached to an aromatic ring is 1. The minimum Gasteiger partial charge on any atom is -0.475 e. The molecular weight excluding hydrogens is 159 g/mol. The van der Waals surface area contributed by atoms with Crippen LogP contribution in [-0.4, -0.2) is 11.1 Å². The Balaban J connectivity index is 2.82. The second kappa shape index (κ2) is 3.38. The monoisotopic (exact) mass is 170 g/mol. The lowest BCUT2D eigenvalue weighted by atomic mass is 10.4. The minimum absolute atomic E-state index is 0.0134. The quantitative estimate of drug-likeness (QED) is 0.733. The van der Waals surface area contributed by atoms with E-state index in [1.54, 1.807) is 0 Å². The van der Waals surface area contributed by atoms with E-state index in [1.165, 1.54) is 12.3 Å². The molecule has 0 atom stereocenters. The first-order chi connectivity index (χ1) is 5.59. The molecule has 0 radical (unpaired) electrons. The lowest BCUT2D eigenvalue weighted by Crippen LogP contribution is -2.07. The van der Waals surface area contributed by atoms with Gasteiger partial charge in [0.15, 0.2) is 5.82 Å². The molecule has 0 aromatic carbocycles. The van der Waals surface area contributed by atoms with Crippen LogP contribution in [0.5, 0.6) is 5.88 Å². The van der Waals surface area contributed by atoms with Crippen molar-refractivity contribution in [2.45, 2.75) is 20.0 Å². The van der Waals surface area contributed by atoms with Gasteiger partial charge < -0.3 is 10.5 Å². The van der Waals surface area contributed by atoms with Crippen LogP contribution in [0.4, 0.5) is 10.1 Å². The normalized spacial score (nSPS) is 10.3. The van der Waals surface area contributed by atoms with Crippen molar-refractivity contribution >= 4 is 5.69 Å². The summed E-state index contributed by atoms with van der Waals surface area (Å²) in [6.07, 6.45) is 1.23. The molecule has 0 unspecified atom stereocenters. The number of hydrogen-bond acceptors (Lipinski definition) is 3. The van der Waals surface area contributed by atoms with E-state index < -0.39 is 5.82 Å². The molecule has 1 aromatic heterocycles. The fourth-order valence-corrected chi connectivity index (χ4v) is 0.730. The van der Waals surface area contributed by atoms with Crippen LogP contribution in [0.3, 0.4) is 0 Å². The average molecular weight is 170 g/mol. The maximum absolute atomic E-state index is 12.8. The van der Waals surface area contributed by atoms with E-state index in [0.29, 0.717) is 0 Å². The van der Waals surface area contributed by atoms with Gasteiger partial charge in [-0.25, -0.2) is 9.37 Å². The average Bonchev–Trinajstić information content (AvgIpc) is 1.96. The van der Waals surface area contributed by atoms with Crippen LogP contribution in [0.15, 0.2) is 12.3 Å². The summed E-state index contributed by atoms with van der Waals surface area (Å²) < 4.78 is 17.9. The van der Waals surface area contributed by atoms with Gasteiger partial charge in [-0.05, 0) is 13.8 Å². The summed E-state index contributed by atoms with van der Waals surface area (Å²) in [7, 11) is 0. The molecule has 4 heteroatoms. The molecular formula is C8H11FN2O. The Bertz CT molecular complexity index is 276. The Morgan fingerprint density at radius 2 is 2.25 bits per heavy atom. The number of aromatic nitrogens is 1. The molecule has 0 bridgehead atoms. The zero-order valence-electron chi connectivity index (χ0n) is 7.04. The molecule has 1 aromatic rings. The second-order valence-corrected chi connectivity index (χ2v) is 2.71. The standard InChI is InChI=1S/C8H11FN2O/c1-5(2)12-8-3-6(9)7(10)4-11-8/h3-5H,10H2,1-2H3. The summed E-state index contributed by atoms with van der Waals surface area (Å²) in [4.78, 5) is 3.79. The van der Waals surface area contributed by atoms with Gasteiger partial charge >= 0.3 is 0 Å². The van der Waals surface area contributed by atoms with Crippen molar-refractivity contribution in [3.05, 3.63) is 18.1 Å². The van der Waals surface area contributed by atoms with Gasteiger partial charge in [-0.3, -0.25) is 0 Å². The van der Waals surface area contributed by atoms with E-state index in [1.807, 2.05) is 13.8 Å². The van der Waals surface area contributed by atoms with Crippen LogP contribution in [0.1, 0.15) is 13.8 Å². The molecule has 0 fully saturated rings. The van der Waals surface area contributed by atoms with Gasteiger partial charge in [0.1, 0.15) is 0 Å². The van der Waals surface area contributed by atoms with Gasteiger partial charge in [0.05, 0.1) is 18.0 Å². The van der Waals surface area contributed by atoms with Crippen molar-refractivity contribution in [3.63, 3.8) is 0 Å². The number of rotatable bonds is 2. The molecule has 0 spiro atoms. The molecule has 0 aliphatic heterocycles. The Hall–Kier alpha value is -1.32. The van der Waals surface area contributed by atoms with E-state index in [0.717, 1.165) is 0 Å². The van der Waals surface area contributed by atoms with Gasteiger partial charge in [-0.15, -0.1) is 0 Å². The summed E-state index contributed by atoms with van der Waals surface area (Å²) in [5.74, 6) is -0.239. The molecule has 0 saturated heterocycles. The third kappa shape index (κ3) is 2.08. The first kappa shape index (κ1) is 8.77. The molecule has 1 rings (SSSR count). The van der Waals surface area contributed by atoms with Gasteiger partial charge in [-0.1, -0.05) is 0 Å². The van der Waals surface area contributed by atoms with E-state index >= 15 is 0 Å². The number of halogens is 1. The SMILES string of the molecule is CC(C)Oc1cc(F)c(N)cn1. The highest BCUT2D eigenvalue weighted by Crippen LogP contribution is 2.14. The Morgan fingerprint density at radius 3 is 2.75 bits per heavy atom. The van der Waals surface area contributed by atoms with Gasteiger partial charge in [0.25, 0.3) is 0 Å². The minimum atomic E-state index is -0.499. The largest absolute Gasteiger partial charge is 0.475 e. The predicted octanol–water partition coefficient (Wildman–Crippen LogP) is 1.59. The van der Waals surface area contributed by atoms with Crippen LogP contribution in [0, 0.1) is 5.82 Å². The van der Waals surface area contributed by atoms with Gasteiger partial charge in [-0.2, -0.15) is 0 Å². The highest BCUT2D eigenvalue weighted by Gasteiger charge is 2.03. The van der Waals surface area contributed by atoms with E-state index in [-0.39, 0.29) is 17.7 Å². The second-order valence-electron chi connectivity index (χ2n) is 2.71. The lowest BCUT2D eigenvalue weighted by molar-refractivity contribution is 0.231. The van der Waals surface area contributed by atoms with E-state index in [9.17, 15) is 4.39 Å². The van der Waals surface area contributed by atoms with Crippen LogP contribution >= 0.6 is 0 Å². The highest BCUT2D eigenvalue weighted by molar-refractivity contribution is 5.38. The molecule has 0 amide bonds. The number of pyridine rings is 1. The van der Waals surface area contributed by atoms with Crippen molar-refractivity contribution < 1.29 is 9.13 Å². The summed E-state index contributed by atoms with van der Waals surface area (Å²) in [6.45, 7) is 3.69. The van der Waals surface area contributed by atoms with Crippen LogP contribution in [0.2, 0.25) is 0 Å². The van der Waals surface area contributed by atoms with Crippen molar-refractivity contribution in [2.75, 3.05) is 5.73 Å². The maximum atomic E-state index is 12.8. The Kier molecular flexibility index (Phi) is 2.47. The van der Waals surface area contributed by atoms with Crippen LogP contribution in [0.25, 0.3) is 0 Å². The number of nitrogens with zero attached hydrogens (tertiary/aromatic N) is 1. The first-order valence-corrected chi connectivity index (χ1v) is 3.67. The molecule has 1 heterocycles.